The molecule has 1 N–H and O–H groups in total. The van der Waals surface area contributed by atoms with E-state index in [1.165, 1.54) is 19.3 Å². The molecule has 0 spiro atoms. The molecule has 0 saturated heterocycles. The molecular weight excluding hydrogens is 230 g/mol. The van der Waals surface area contributed by atoms with Gasteiger partial charge >= 0.3 is 0 Å². The Labute approximate surface area is 88.6 Å². The molecule has 76 valence electrons. The SMILES string of the molecule is CCCC(=O)NCC1CCCC1Br. The fourth-order valence-corrected chi connectivity index (χ4v) is 2.56. The van der Waals surface area contributed by atoms with Crippen molar-refractivity contribution in [1.29, 1.82) is 0 Å². The fraction of sp³-hybridized carbons (Fsp3) is 0.900. The van der Waals surface area contributed by atoms with Crippen LogP contribution < -0.4 is 5.32 Å². The highest BCUT2D eigenvalue weighted by Gasteiger charge is 2.24. The molecule has 2 unspecified atom stereocenters. The predicted octanol–water partition coefficient (Wildman–Crippen LogP) is 2.47. The number of carbonyl (C=O) groups is 1. The van der Waals surface area contributed by atoms with Gasteiger partial charge in [-0.25, -0.2) is 0 Å². The molecule has 2 atom stereocenters. The van der Waals surface area contributed by atoms with Crippen LogP contribution in [0.5, 0.6) is 0 Å². The van der Waals surface area contributed by atoms with Gasteiger partial charge in [0.05, 0.1) is 0 Å². The summed E-state index contributed by atoms with van der Waals surface area (Å²) in [6.07, 6.45) is 5.41. The zero-order valence-corrected chi connectivity index (χ0v) is 9.77. The van der Waals surface area contributed by atoms with E-state index in [1.807, 2.05) is 6.92 Å². The number of nitrogens with one attached hydrogen (secondary N) is 1. The molecule has 0 aromatic rings. The van der Waals surface area contributed by atoms with E-state index in [2.05, 4.69) is 21.2 Å². The lowest BCUT2D eigenvalue weighted by Gasteiger charge is -2.14. The summed E-state index contributed by atoms with van der Waals surface area (Å²) < 4.78 is 0. The molecular formula is C10H18BrNO. The summed E-state index contributed by atoms with van der Waals surface area (Å²) in [6, 6.07) is 0. The minimum absolute atomic E-state index is 0.203. The van der Waals surface area contributed by atoms with Crippen molar-refractivity contribution in [3.8, 4) is 0 Å². The van der Waals surface area contributed by atoms with E-state index in [0.717, 1.165) is 13.0 Å². The van der Waals surface area contributed by atoms with Crippen molar-refractivity contribution in [2.75, 3.05) is 6.54 Å². The maximum atomic E-state index is 11.2. The van der Waals surface area contributed by atoms with Gasteiger partial charge in [0.1, 0.15) is 0 Å². The van der Waals surface area contributed by atoms with Gasteiger partial charge in [0, 0.05) is 17.8 Å². The van der Waals surface area contributed by atoms with Crippen LogP contribution in [0, 0.1) is 5.92 Å². The molecule has 2 nitrogen and oxygen atoms in total. The number of rotatable bonds is 4. The summed E-state index contributed by atoms with van der Waals surface area (Å²) in [5.74, 6) is 0.856. The highest BCUT2D eigenvalue weighted by Crippen LogP contribution is 2.30. The molecule has 1 saturated carbocycles. The lowest BCUT2D eigenvalue weighted by molar-refractivity contribution is -0.121. The Balaban J connectivity index is 2.14. The Bertz CT molecular complexity index is 172. The minimum Gasteiger partial charge on any atom is -0.356 e. The summed E-state index contributed by atoms with van der Waals surface area (Å²) in [5.41, 5.74) is 0. The lowest BCUT2D eigenvalue weighted by Crippen LogP contribution is -2.30. The Hall–Kier alpha value is -0.0500. The number of alkyl halides is 1. The number of amides is 1. The fourth-order valence-electron chi connectivity index (χ4n) is 1.78. The van der Waals surface area contributed by atoms with Gasteiger partial charge in [0.2, 0.25) is 5.91 Å². The second kappa shape index (κ2) is 5.63. The maximum absolute atomic E-state index is 11.2. The van der Waals surface area contributed by atoms with Crippen LogP contribution in [-0.4, -0.2) is 17.3 Å². The van der Waals surface area contributed by atoms with Crippen LogP contribution in [0.25, 0.3) is 0 Å². The second-order valence-corrected chi connectivity index (χ2v) is 4.94. The predicted molar refractivity (Wildman–Crippen MR) is 58.0 cm³/mol. The average Bonchev–Trinajstić information content (AvgIpc) is 2.48. The molecule has 3 heteroatoms. The standard InChI is InChI=1S/C10H18BrNO/c1-2-4-10(13)12-7-8-5-3-6-9(8)11/h8-9H,2-7H2,1H3,(H,12,13). The van der Waals surface area contributed by atoms with E-state index < -0.39 is 0 Å². The molecule has 0 aromatic heterocycles. The first kappa shape index (κ1) is 11.0. The topological polar surface area (TPSA) is 29.1 Å². The maximum Gasteiger partial charge on any atom is 0.219 e. The van der Waals surface area contributed by atoms with Crippen LogP contribution in [0.1, 0.15) is 39.0 Å². The van der Waals surface area contributed by atoms with Crippen molar-refractivity contribution >= 4 is 21.8 Å². The van der Waals surface area contributed by atoms with Crippen molar-refractivity contribution in [1.82, 2.24) is 5.32 Å². The molecule has 0 heterocycles. The van der Waals surface area contributed by atoms with Crippen molar-refractivity contribution in [3.05, 3.63) is 0 Å². The molecule has 0 aromatic carbocycles. The number of halogens is 1. The molecule has 1 rings (SSSR count). The van der Waals surface area contributed by atoms with Crippen LogP contribution in [0.4, 0.5) is 0 Å². The van der Waals surface area contributed by atoms with Gasteiger partial charge in [-0.05, 0) is 25.2 Å². The quantitative estimate of drug-likeness (QED) is 0.761. The highest BCUT2D eigenvalue weighted by molar-refractivity contribution is 9.09. The lowest BCUT2D eigenvalue weighted by atomic mass is 10.1. The van der Waals surface area contributed by atoms with E-state index in [0.29, 0.717) is 17.2 Å². The number of carbonyl (C=O) groups excluding carboxylic acids is 1. The van der Waals surface area contributed by atoms with Crippen LogP contribution in [0.2, 0.25) is 0 Å². The first-order valence-electron chi connectivity index (χ1n) is 5.14. The first-order chi connectivity index (χ1) is 6.24. The Morgan fingerprint density at radius 3 is 2.85 bits per heavy atom. The van der Waals surface area contributed by atoms with Gasteiger partial charge in [0.15, 0.2) is 0 Å². The Morgan fingerprint density at radius 1 is 1.54 bits per heavy atom. The number of hydrogen-bond acceptors (Lipinski definition) is 1. The van der Waals surface area contributed by atoms with Crippen LogP contribution in [-0.2, 0) is 4.79 Å². The summed E-state index contributed by atoms with van der Waals surface area (Å²) in [7, 11) is 0. The minimum atomic E-state index is 0.203. The third-order valence-electron chi connectivity index (χ3n) is 2.60. The van der Waals surface area contributed by atoms with Crippen molar-refractivity contribution in [3.63, 3.8) is 0 Å². The van der Waals surface area contributed by atoms with E-state index in [1.54, 1.807) is 0 Å². The largest absolute Gasteiger partial charge is 0.356 e. The second-order valence-electron chi connectivity index (χ2n) is 3.76. The van der Waals surface area contributed by atoms with Crippen molar-refractivity contribution in [2.45, 2.75) is 43.9 Å². The van der Waals surface area contributed by atoms with Crippen LogP contribution >= 0.6 is 15.9 Å². The molecule has 1 aliphatic rings. The monoisotopic (exact) mass is 247 g/mol. The third-order valence-corrected chi connectivity index (χ3v) is 3.81. The molecule has 1 aliphatic carbocycles. The molecule has 0 aliphatic heterocycles. The Kier molecular flexibility index (Phi) is 4.78. The Morgan fingerprint density at radius 2 is 2.31 bits per heavy atom. The summed E-state index contributed by atoms with van der Waals surface area (Å²) in [5, 5.41) is 2.99. The molecule has 13 heavy (non-hydrogen) atoms. The van der Waals surface area contributed by atoms with E-state index in [4.69, 9.17) is 0 Å². The van der Waals surface area contributed by atoms with Crippen molar-refractivity contribution in [2.24, 2.45) is 5.92 Å². The van der Waals surface area contributed by atoms with E-state index in [-0.39, 0.29) is 5.91 Å². The van der Waals surface area contributed by atoms with Crippen LogP contribution in [0.15, 0.2) is 0 Å². The zero-order chi connectivity index (χ0) is 9.68. The van der Waals surface area contributed by atoms with E-state index in [9.17, 15) is 4.79 Å². The van der Waals surface area contributed by atoms with Gasteiger partial charge in [-0.1, -0.05) is 29.3 Å². The third kappa shape index (κ3) is 3.67. The van der Waals surface area contributed by atoms with Gasteiger partial charge in [-0.15, -0.1) is 0 Å². The van der Waals surface area contributed by atoms with Crippen molar-refractivity contribution < 1.29 is 4.79 Å². The van der Waals surface area contributed by atoms with Crippen LogP contribution in [0.3, 0.4) is 0 Å². The van der Waals surface area contributed by atoms with E-state index >= 15 is 0 Å². The zero-order valence-electron chi connectivity index (χ0n) is 8.18. The smallest absolute Gasteiger partial charge is 0.219 e. The number of hydrogen-bond donors (Lipinski definition) is 1. The summed E-state index contributed by atoms with van der Waals surface area (Å²) >= 11 is 3.64. The molecule has 0 bridgehead atoms. The molecule has 1 amide bonds. The highest BCUT2D eigenvalue weighted by atomic mass is 79.9. The molecule has 1 fully saturated rings. The van der Waals surface area contributed by atoms with Gasteiger partial charge < -0.3 is 5.32 Å². The van der Waals surface area contributed by atoms with Gasteiger partial charge in [0.25, 0.3) is 0 Å². The summed E-state index contributed by atoms with van der Waals surface area (Å²) in [4.78, 5) is 11.8. The average molecular weight is 248 g/mol. The molecule has 0 radical (unpaired) electrons. The summed E-state index contributed by atoms with van der Waals surface area (Å²) in [6.45, 7) is 2.89. The van der Waals surface area contributed by atoms with Gasteiger partial charge in [-0.2, -0.15) is 0 Å². The first-order valence-corrected chi connectivity index (χ1v) is 6.06. The van der Waals surface area contributed by atoms with Gasteiger partial charge in [-0.3, -0.25) is 4.79 Å². The normalized spacial score (nSPS) is 27.5.